The number of rotatable bonds is 5. The van der Waals surface area contributed by atoms with Crippen LogP contribution in [0.25, 0.3) is 0 Å². The highest BCUT2D eigenvalue weighted by atomic mass is 35.5. The van der Waals surface area contributed by atoms with Gasteiger partial charge in [-0.15, -0.1) is 0 Å². The van der Waals surface area contributed by atoms with E-state index in [1.165, 1.54) is 12.8 Å². The minimum absolute atomic E-state index is 0.0385. The van der Waals surface area contributed by atoms with Gasteiger partial charge in [0.05, 0.1) is 12.6 Å². The Morgan fingerprint density at radius 3 is 2.96 bits per heavy atom. The third-order valence-electron chi connectivity index (χ3n) is 4.50. The Hall–Kier alpha value is -1.14. The monoisotopic (exact) mass is 337 g/mol. The van der Waals surface area contributed by atoms with Crippen LogP contribution in [0.1, 0.15) is 24.4 Å². The lowest BCUT2D eigenvalue weighted by atomic mass is 10.1. The molecular formula is C17H24ClN3O2. The van der Waals surface area contributed by atoms with Crippen LogP contribution >= 0.6 is 11.6 Å². The maximum atomic E-state index is 12.3. The molecule has 0 aliphatic carbocycles. The first kappa shape index (κ1) is 16.7. The van der Waals surface area contributed by atoms with Crippen molar-refractivity contribution in [3.8, 4) is 0 Å². The Balaban J connectivity index is 1.65. The Labute approximate surface area is 142 Å². The molecule has 2 N–H and O–H groups in total. The number of carbonyl (C=O) groups excluding carboxylic acids is 1. The molecule has 0 saturated carbocycles. The molecule has 2 aliphatic heterocycles. The maximum Gasteiger partial charge on any atom is 0.250 e. The van der Waals surface area contributed by atoms with E-state index in [0.717, 1.165) is 30.2 Å². The number of ether oxygens (including phenoxy) is 1. The van der Waals surface area contributed by atoms with E-state index in [1.54, 1.807) is 0 Å². The molecule has 0 spiro atoms. The highest BCUT2D eigenvalue weighted by Crippen LogP contribution is 2.26. The molecule has 2 unspecified atom stereocenters. The van der Waals surface area contributed by atoms with Crippen molar-refractivity contribution in [1.29, 1.82) is 0 Å². The Morgan fingerprint density at radius 1 is 1.43 bits per heavy atom. The molecule has 2 heterocycles. The summed E-state index contributed by atoms with van der Waals surface area (Å²) in [5.41, 5.74) is 1.15. The van der Waals surface area contributed by atoms with Gasteiger partial charge in [0.2, 0.25) is 0 Å². The van der Waals surface area contributed by atoms with Gasteiger partial charge in [-0.25, -0.2) is 0 Å². The van der Waals surface area contributed by atoms with E-state index < -0.39 is 0 Å². The van der Waals surface area contributed by atoms with E-state index in [2.05, 4.69) is 21.6 Å². The van der Waals surface area contributed by atoms with Gasteiger partial charge in [0.15, 0.2) is 0 Å². The zero-order valence-electron chi connectivity index (χ0n) is 13.3. The standard InChI is InChI=1S/C17H24ClN3O2/c18-14-5-3-4-13(10-14)15(21-7-1-2-8-21)11-20-17(22)16-12-19-6-9-23-16/h3-5,10,15-16,19H,1-2,6-9,11-12H2,(H,20,22). The highest BCUT2D eigenvalue weighted by Gasteiger charge is 2.26. The van der Waals surface area contributed by atoms with Gasteiger partial charge in [-0.05, 0) is 43.6 Å². The number of nitrogens with one attached hydrogen (secondary N) is 2. The normalized spacial score (nSPS) is 23.6. The lowest BCUT2D eigenvalue weighted by Gasteiger charge is -2.29. The molecule has 0 aromatic heterocycles. The first-order chi connectivity index (χ1) is 11.2. The van der Waals surface area contributed by atoms with Gasteiger partial charge in [0, 0.05) is 24.7 Å². The van der Waals surface area contributed by atoms with Crippen molar-refractivity contribution in [3.05, 3.63) is 34.9 Å². The van der Waals surface area contributed by atoms with Crippen LogP contribution in [0.3, 0.4) is 0 Å². The van der Waals surface area contributed by atoms with E-state index in [9.17, 15) is 4.79 Å². The topological polar surface area (TPSA) is 53.6 Å². The van der Waals surface area contributed by atoms with Crippen molar-refractivity contribution in [2.24, 2.45) is 0 Å². The summed E-state index contributed by atoms with van der Waals surface area (Å²) in [6, 6.07) is 8.09. The van der Waals surface area contributed by atoms with Crippen LogP contribution in [-0.4, -0.2) is 56.2 Å². The summed E-state index contributed by atoms with van der Waals surface area (Å²) < 4.78 is 5.51. The fraction of sp³-hybridized carbons (Fsp3) is 0.588. The molecule has 6 heteroatoms. The third-order valence-corrected chi connectivity index (χ3v) is 4.74. The summed E-state index contributed by atoms with van der Waals surface area (Å²) in [7, 11) is 0. The second-order valence-electron chi connectivity index (χ2n) is 6.12. The molecule has 2 aliphatic rings. The lowest BCUT2D eigenvalue weighted by Crippen LogP contribution is -2.49. The predicted octanol–water partition coefficient (Wildman–Crippen LogP) is 1.58. The first-order valence-electron chi connectivity index (χ1n) is 8.33. The largest absolute Gasteiger partial charge is 0.366 e. The fourth-order valence-electron chi connectivity index (χ4n) is 3.27. The smallest absolute Gasteiger partial charge is 0.250 e. The summed E-state index contributed by atoms with van der Waals surface area (Å²) >= 11 is 6.15. The van der Waals surface area contributed by atoms with Crippen molar-refractivity contribution in [1.82, 2.24) is 15.5 Å². The molecular weight excluding hydrogens is 314 g/mol. The number of halogens is 1. The number of carbonyl (C=O) groups is 1. The van der Waals surface area contributed by atoms with E-state index >= 15 is 0 Å². The minimum atomic E-state index is -0.387. The molecule has 3 rings (SSSR count). The molecule has 126 valence electrons. The van der Waals surface area contributed by atoms with Gasteiger partial charge in [-0.3, -0.25) is 9.69 Å². The molecule has 2 saturated heterocycles. The summed E-state index contributed by atoms with van der Waals surface area (Å²) in [6.07, 6.45) is 2.03. The zero-order chi connectivity index (χ0) is 16.1. The average Bonchev–Trinajstić information content (AvgIpc) is 3.10. The van der Waals surface area contributed by atoms with Crippen LogP contribution in [0, 0.1) is 0 Å². The number of benzene rings is 1. The number of hydrogen-bond donors (Lipinski definition) is 2. The Bertz CT molecular complexity index is 528. The van der Waals surface area contributed by atoms with Crippen LogP contribution in [0.4, 0.5) is 0 Å². The van der Waals surface area contributed by atoms with Crippen LogP contribution in [0.5, 0.6) is 0 Å². The summed E-state index contributed by atoms with van der Waals surface area (Å²) in [5.74, 6) is -0.0385. The zero-order valence-corrected chi connectivity index (χ0v) is 14.0. The first-order valence-corrected chi connectivity index (χ1v) is 8.71. The van der Waals surface area contributed by atoms with Gasteiger partial charge in [-0.2, -0.15) is 0 Å². The lowest BCUT2D eigenvalue weighted by molar-refractivity contribution is -0.134. The van der Waals surface area contributed by atoms with Crippen molar-refractivity contribution in [2.45, 2.75) is 25.0 Å². The van der Waals surface area contributed by atoms with Crippen LogP contribution in [0.15, 0.2) is 24.3 Å². The van der Waals surface area contributed by atoms with E-state index in [-0.39, 0.29) is 18.1 Å². The van der Waals surface area contributed by atoms with E-state index in [1.807, 2.05) is 18.2 Å². The molecule has 0 bridgehead atoms. The van der Waals surface area contributed by atoms with Crippen molar-refractivity contribution in [2.75, 3.05) is 39.3 Å². The number of likely N-dealkylation sites (tertiary alicyclic amines) is 1. The second kappa shape index (κ2) is 8.11. The number of hydrogen-bond acceptors (Lipinski definition) is 4. The summed E-state index contributed by atoms with van der Waals surface area (Å²) in [6.45, 7) is 4.68. The van der Waals surface area contributed by atoms with Crippen molar-refractivity contribution in [3.63, 3.8) is 0 Å². The van der Waals surface area contributed by atoms with Gasteiger partial charge in [-0.1, -0.05) is 23.7 Å². The number of morpholine rings is 1. The molecule has 23 heavy (non-hydrogen) atoms. The average molecular weight is 338 g/mol. The van der Waals surface area contributed by atoms with Gasteiger partial charge in [0.25, 0.3) is 5.91 Å². The predicted molar refractivity (Wildman–Crippen MR) is 90.6 cm³/mol. The Kier molecular flexibility index (Phi) is 5.89. The maximum absolute atomic E-state index is 12.3. The second-order valence-corrected chi connectivity index (χ2v) is 6.56. The summed E-state index contributed by atoms with van der Waals surface area (Å²) in [5, 5.41) is 6.98. The summed E-state index contributed by atoms with van der Waals surface area (Å²) in [4.78, 5) is 14.7. The van der Waals surface area contributed by atoms with Crippen LogP contribution in [0.2, 0.25) is 5.02 Å². The molecule has 2 atom stereocenters. The van der Waals surface area contributed by atoms with Crippen LogP contribution < -0.4 is 10.6 Å². The molecule has 1 amide bonds. The van der Waals surface area contributed by atoms with Gasteiger partial charge >= 0.3 is 0 Å². The van der Waals surface area contributed by atoms with Crippen LogP contribution in [-0.2, 0) is 9.53 Å². The van der Waals surface area contributed by atoms with Crippen molar-refractivity contribution >= 4 is 17.5 Å². The third kappa shape index (κ3) is 4.44. The van der Waals surface area contributed by atoms with Gasteiger partial charge < -0.3 is 15.4 Å². The molecule has 5 nitrogen and oxygen atoms in total. The molecule has 1 aromatic carbocycles. The molecule has 0 radical (unpaired) electrons. The van der Waals surface area contributed by atoms with Crippen molar-refractivity contribution < 1.29 is 9.53 Å². The number of nitrogens with zero attached hydrogens (tertiary/aromatic N) is 1. The van der Waals surface area contributed by atoms with Gasteiger partial charge in [0.1, 0.15) is 6.10 Å². The highest BCUT2D eigenvalue weighted by molar-refractivity contribution is 6.30. The van der Waals surface area contributed by atoms with E-state index in [4.69, 9.17) is 16.3 Å². The quantitative estimate of drug-likeness (QED) is 0.856. The minimum Gasteiger partial charge on any atom is -0.366 e. The molecule has 1 aromatic rings. The number of amides is 1. The Morgan fingerprint density at radius 2 is 2.26 bits per heavy atom. The van der Waals surface area contributed by atoms with E-state index in [0.29, 0.717) is 19.7 Å². The fourth-order valence-corrected chi connectivity index (χ4v) is 3.47. The molecule has 2 fully saturated rings. The SMILES string of the molecule is O=C(NCC(c1cccc(Cl)c1)N1CCCC1)C1CNCCO1.